The van der Waals surface area contributed by atoms with Crippen LogP contribution in [0.1, 0.15) is 23.6 Å². The van der Waals surface area contributed by atoms with E-state index in [0.29, 0.717) is 29.6 Å². The molecule has 4 aromatic rings. The van der Waals surface area contributed by atoms with Gasteiger partial charge in [0.2, 0.25) is 5.95 Å². The molecule has 0 aliphatic carbocycles. The van der Waals surface area contributed by atoms with E-state index in [1.807, 2.05) is 41.8 Å². The number of fused-ring (bicyclic) bond motifs is 3. The summed E-state index contributed by atoms with van der Waals surface area (Å²) in [6, 6.07) is 16.1. The number of imidazole rings is 1. The zero-order valence-corrected chi connectivity index (χ0v) is 18.9. The van der Waals surface area contributed by atoms with Gasteiger partial charge in [0.15, 0.2) is 11.2 Å². The molecule has 1 aliphatic heterocycles. The zero-order valence-electron chi connectivity index (χ0n) is 18.9. The molecule has 0 spiro atoms. The number of rotatable bonds is 3. The minimum atomic E-state index is -0.351. The van der Waals surface area contributed by atoms with Crippen molar-refractivity contribution in [2.45, 2.75) is 33.9 Å². The van der Waals surface area contributed by atoms with E-state index in [4.69, 9.17) is 4.98 Å². The molecule has 0 radical (unpaired) electrons. The highest BCUT2D eigenvalue weighted by Crippen LogP contribution is 2.33. The van der Waals surface area contributed by atoms with Crippen LogP contribution < -0.4 is 16.1 Å². The Morgan fingerprint density at radius 1 is 1.03 bits per heavy atom. The van der Waals surface area contributed by atoms with Gasteiger partial charge in [-0.25, -0.2) is 4.79 Å². The van der Waals surface area contributed by atoms with Gasteiger partial charge in [-0.2, -0.15) is 4.98 Å². The van der Waals surface area contributed by atoms with Gasteiger partial charge in [0.25, 0.3) is 5.56 Å². The van der Waals surface area contributed by atoms with E-state index in [0.717, 1.165) is 28.9 Å². The first-order valence-electron chi connectivity index (χ1n) is 10.9. The van der Waals surface area contributed by atoms with Crippen molar-refractivity contribution in [1.82, 2.24) is 18.7 Å². The first-order chi connectivity index (χ1) is 15.3. The lowest BCUT2D eigenvalue weighted by Crippen LogP contribution is -2.40. The number of benzene rings is 2. The second-order valence-corrected chi connectivity index (χ2v) is 8.91. The third-order valence-electron chi connectivity index (χ3n) is 6.35. The Balaban J connectivity index is 1.74. The molecule has 7 nitrogen and oxygen atoms in total. The predicted molar refractivity (Wildman–Crippen MR) is 127 cm³/mol. The van der Waals surface area contributed by atoms with Crippen molar-refractivity contribution in [3.8, 4) is 0 Å². The van der Waals surface area contributed by atoms with Gasteiger partial charge in [-0.15, -0.1) is 0 Å². The Hall–Kier alpha value is -3.61. The van der Waals surface area contributed by atoms with Crippen LogP contribution in [0.25, 0.3) is 11.2 Å². The first kappa shape index (κ1) is 20.3. The molecule has 5 rings (SSSR count). The van der Waals surface area contributed by atoms with Crippen molar-refractivity contribution in [2.75, 3.05) is 11.4 Å². The molecular formula is C25H27N5O2. The van der Waals surface area contributed by atoms with Crippen LogP contribution in [0.4, 0.5) is 11.6 Å². The summed E-state index contributed by atoms with van der Waals surface area (Å²) in [5, 5.41) is 0. The van der Waals surface area contributed by atoms with Crippen LogP contribution in [0.15, 0.2) is 58.1 Å². The van der Waals surface area contributed by atoms with Crippen molar-refractivity contribution in [3.63, 3.8) is 0 Å². The summed E-state index contributed by atoms with van der Waals surface area (Å²) in [6.07, 6.45) is 0. The van der Waals surface area contributed by atoms with Crippen molar-refractivity contribution in [1.29, 1.82) is 0 Å². The number of hydrogen-bond donors (Lipinski definition) is 0. The maximum atomic E-state index is 13.6. The summed E-state index contributed by atoms with van der Waals surface area (Å²) in [4.78, 5) is 33.7. The molecule has 164 valence electrons. The minimum absolute atomic E-state index is 0.242. The van der Waals surface area contributed by atoms with Gasteiger partial charge >= 0.3 is 5.69 Å². The summed E-state index contributed by atoms with van der Waals surface area (Å²) in [7, 11) is 1.69. The molecule has 1 atom stereocenters. The largest absolute Gasteiger partial charge is 0.332 e. The van der Waals surface area contributed by atoms with Gasteiger partial charge < -0.3 is 9.47 Å². The highest BCUT2D eigenvalue weighted by molar-refractivity contribution is 5.77. The normalized spacial score (nSPS) is 15.9. The van der Waals surface area contributed by atoms with Crippen molar-refractivity contribution in [3.05, 3.63) is 86.1 Å². The maximum absolute atomic E-state index is 13.6. The summed E-state index contributed by atoms with van der Waals surface area (Å²) in [5.74, 6) is 1.03. The van der Waals surface area contributed by atoms with E-state index in [9.17, 15) is 9.59 Å². The van der Waals surface area contributed by atoms with Crippen LogP contribution >= 0.6 is 0 Å². The Morgan fingerprint density at radius 3 is 2.56 bits per heavy atom. The quantitative estimate of drug-likeness (QED) is 0.501. The lowest BCUT2D eigenvalue weighted by molar-refractivity contribution is 0.458. The molecule has 0 fully saturated rings. The number of aromatic nitrogens is 4. The predicted octanol–water partition coefficient (Wildman–Crippen LogP) is 3.35. The molecule has 2 aromatic carbocycles. The van der Waals surface area contributed by atoms with Gasteiger partial charge in [0.1, 0.15) is 0 Å². The minimum Gasteiger partial charge on any atom is -0.312 e. The second-order valence-electron chi connectivity index (χ2n) is 8.91. The molecule has 1 unspecified atom stereocenters. The summed E-state index contributed by atoms with van der Waals surface area (Å²) < 4.78 is 4.82. The highest BCUT2D eigenvalue weighted by Gasteiger charge is 2.30. The van der Waals surface area contributed by atoms with E-state index in [1.165, 1.54) is 9.13 Å². The van der Waals surface area contributed by atoms with E-state index >= 15 is 0 Å². The SMILES string of the molecule is Cc1cccc(N2CC(C)Cn3c2nc2c3c(=O)n(Cc3ccccc3C)c(=O)n2C)c1. The van der Waals surface area contributed by atoms with Gasteiger partial charge in [-0.3, -0.25) is 13.9 Å². The Bertz CT molecular complexity index is 1460. The fraction of sp³-hybridized carbons (Fsp3) is 0.320. The monoisotopic (exact) mass is 429 g/mol. The molecule has 7 heteroatoms. The number of hydrogen-bond acceptors (Lipinski definition) is 4. The Morgan fingerprint density at radius 2 is 1.81 bits per heavy atom. The molecule has 2 aromatic heterocycles. The number of anilines is 2. The average molecular weight is 430 g/mol. The molecule has 32 heavy (non-hydrogen) atoms. The van der Waals surface area contributed by atoms with Crippen LogP contribution in [0, 0.1) is 19.8 Å². The Labute approximate surface area is 186 Å². The summed E-state index contributed by atoms with van der Waals surface area (Å²) >= 11 is 0. The lowest BCUT2D eigenvalue weighted by Gasteiger charge is -2.33. The van der Waals surface area contributed by atoms with Crippen LogP contribution in [0.2, 0.25) is 0 Å². The highest BCUT2D eigenvalue weighted by atomic mass is 16.2. The van der Waals surface area contributed by atoms with E-state index in [-0.39, 0.29) is 17.8 Å². The smallest absolute Gasteiger partial charge is 0.312 e. The second kappa shape index (κ2) is 7.51. The molecule has 0 N–H and O–H groups in total. The fourth-order valence-corrected chi connectivity index (χ4v) is 4.62. The molecule has 0 amide bonds. The molecular weight excluding hydrogens is 402 g/mol. The molecule has 1 aliphatic rings. The van der Waals surface area contributed by atoms with Crippen molar-refractivity contribution >= 4 is 22.8 Å². The molecule has 0 saturated carbocycles. The van der Waals surface area contributed by atoms with Crippen LogP contribution in [-0.4, -0.2) is 25.2 Å². The van der Waals surface area contributed by atoms with E-state index < -0.39 is 0 Å². The van der Waals surface area contributed by atoms with Crippen LogP contribution in [0.3, 0.4) is 0 Å². The van der Waals surface area contributed by atoms with Gasteiger partial charge in [-0.1, -0.05) is 43.3 Å². The third-order valence-corrected chi connectivity index (χ3v) is 6.35. The summed E-state index contributed by atoms with van der Waals surface area (Å²) in [5.41, 5.74) is 4.49. The van der Waals surface area contributed by atoms with E-state index in [2.05, 4.69) is 36.9 Å². The van der Waals surface area contributed by atoms with Crippen LogP contribution in [0.5, 0.6) is 0 Å². The van der Waals surface area contributed by atoms with Crippen molar-refractivity contribution in [2.24, 2.45) is 13.0 Å². The van der Waals surface area contributed by atoms with Crippen LogP contribution in [-0.2, 0) is 20.1 Å². The molecule has 0 saturated heterocycles. The van der Waals surface area contributed by atoms with Gasteiger partial charge in [-0.05, 0) is 48.6 Å². The van der Waals surface area contributed by atoms with Gasteiger partial charge in [0, 0.05) is 25.8 Å². The van der Waals surface area contributed by atoms with Gasteiger partial charge in [0.05, 0.1) is 6.54 Å². The zero-order chi connectivity index (χ0) is 22.6. The average Bonchev–Trinajstić information content (AvgIpc) is 3.15. The molecule has 3 heterocycles. The number of nitrogens with zero attached hydrogens (tertiary/aromatic N) is 5. The fourth-order valence-electron chi connectivity index (χ4n) is 4.62. The number of aryl methyl sites for hydroxylation is 3. The summed E-state index contributed by atoms with van der Waals surface area (Å²) in [6.45, 7) is 7.96. The third kappa shape index (κ3) is 3.16. The lowest BCUT2D eigenvalue weighted by atomic mass is 10.1. The standard InChI is InChI=1S/C25H27N5O2/c1-16-8-7-11-20(12-16)28-13-17(2)14-29-21-22(26-24(28)29)27(4)25(32)30(23(21)31)15-19-10-6-5-9-18(19)3/h5-12,17H,13-15H2,1-4H3. The maximum Gasteiger partial charge on any atom is 0.332 e. The Kier molecular flexibility index (Phi) is 4.77. The topological polar surface area (TPSA) is 65.1 Å². The molecule has 0 bridgehead atoms. The van der Waals surface area contributed by atoms with Crippen molar-refractivity contribution < 1.29 is 0 Å². The first-order valence-corrected chi connectivity index (χ1v) is 10.9. The van der Waals surface area contributed by atoms with E-state index in [1.54, 1.807) is 7.05 Å².